The van der Waals surface area contributed by atoms with Crippen molar-refractivity contribution < 1.29 is 9.47 Å². The third-order valence-corrected chi connectivity index (χ3v) is 2.34. The molecule has 1 unspecified atom stereocenters. The van der Waals surface area contributed by atoms with Crippen molar-refractivity contribution in [1.82, 2.24) is 0 Å². The summed E-state index contributed by atoms with van der Waals surface area (Å²) >= 11 is 0. The second-order valence-corrected chi connectivity index (χ2v) is 3.35. The van der Waals surface area contributed by atoms with E-state index < -0.39 is 0 Å². The zero-order chi connectivity index (χ0) is 12.0. The Balaban J connectivity index is 3.01. The summed E-state index contributed by atoms with van der Waals surface area (Å²) in [6.45, 7) is 1.80. The molecule has 0 radical (unpaired) electrons. The molecular weight excluding hydrogens is 202 g/mol. The van der Waals surface area contributed by atoms with Crippen molar-refractivity contribution >= 4 is 0 Å². The third-order valence-electron chi connectivity index (χ3n) is 2.34. The van der Waals surface area contributed by atoms with Crippen LogP contribution in [0.15, 0.2) is 18.2 Å². The molecule has 16 heavy (non-hydrogen) atoms. The number of hydrogen-bond acceptors (Lipinski definition) is 3. The molecule has 1 aromatic carbocycles. The average Bonchev–Trinajstić information content (AvgIpc) is 2.35. The summed E-state index contributed by atoms with van der Waals surface area (Å²) in [5, 5.41) is 0. The van der Waals surface area contributed by atoms with Crippen molar-refractivity contribution in [1.29, 1.82) is 0 Å². The highest BCUT2D eigenvalue weighted by Gasteiger charge is 2.12. The number of ether oxygens (including phenoxy) is 2. The molecule has 0 saturated heterocycles. The quantitative estimate of drug-likeness (QED) is 0.789. The third kappa shape index (κ3) is 2.91. The molecule has 86 valence electrons. The van der Waals surface area contributed by atoms with Crippen molar-refractivity contribution in [2.45, 2.75) is 19.4 Å². The predicted molar refractivity (Wildman–Crippen MR) is 64.5 cm³/mol. The molecule has 3 heteroatoms. The van der Waals surface area contributed by atoms with Crippen LogP contribution in [0.25, 0.3) is 0 Å². The van der Waals surface area contributed by atoms with Crippen molar-refractivity contribution in [2.24, 2.45) is 5.73 Å². The number of rotatable bonds is 4. The molecule has 0 heterocycles. The van der Waals surface area contributed by atoms with Crippen LogP contribution in [0.5, 0.6) is 11.5 Å². The molecule has 0 amide bonds. The van der Waals surface area contributed by atoms with Gasteiger partial charge in [-0.3, -0.25) is 0 Å². The zero-order valence-corrected chi connectivity index (χ0v) is 9.91. The van der Waals surface area contributed by atoms with Crippen molar-refractivity contribution in [3.8, 4) is 23.3 Å². The maximum atomic E-state index is 6.04. The first-order chi connectivity index (χ1) is 7.72. The SMILES string of the molecule is CC#CCC(N)c1cc(OC)ccc1OC. The second kappa shape index (κ2) is 6.04. The lowest BCUT2D eigenvalue weighted by molar-refractivity contribution is 0.395. The first-order valence-electron chi connectivity index (χ1n) is 5.10. The van der Waals surface area contributed by atoms with E-state index >= 15 is 0 Å². The van der Waals surface area contributed by atoms with E-state index in [1.807, 2.05) is 18.2 Å². The minimum Gasteiger partial charge on any atom is -0.497 e. The topological polar surface area (TPSA) is 44.5 Å². The van der Waals surface area contributed by atoms with Gasteiger partial charge in [0.05, 0.1) is 14.2 Å². The molecule has 1 rings (SSSR count). The molecule has 1 atom stereocenters. The molecular formula is C13H17NO2. The van der Waals surface area contributed by atoms with Gasteiger partial charge in [-0.2, -0.15) is 0 Å². The van der Waals surface area contributed by atoms with Crippen LogP contribution in [0, 0.1) is 11.8 Å². The predicted octanol–water partition coefficient (Wildman–Crippen LogP) is 2.12. The Labute approximate surface area is 96.6 Å². The van der Waals surface area contributed by atoms with Gasteiger partial charge in [-0.25, -0.2) is 0 Å². The van der Waals surface area contributed by atoms with E-state index in [-0.39, 0.29) is 6.04 Å². The van der Waals surface area contributed by atoms with Crippen LogP contribution < -0.4 is 15.2 Å². The monoisotopic (exact) mass is 219 g/mol. The Kier molecular flexibility index (Phi) is 4.68. The van der Waals surface area contributed by atoms with Crippen LogP contribution in [0.3, 0.4) is 0 Å². The van der Waals surface area contributed by atoms with Crippen molar-refractivity contribution in [2.75, 3.05) is 14.2 Å². The molecule has 0 aliphatic heterocycles. The van der Waals surface area contributed by atoms with E-state index in [1.165, 1.54) is 0 Å². The Morgan fingerprint density at radius 3 is 2.62 bits per heavy atom. The van der Waals surface area contributed by atoms with Gasteiger partial charge < -0.3 is 15.2 Å². The van der Waals surface area contributed by atoms with E-state index in [0.29, 0.717) is 6.42 Å². The summed E-state index contributed by atoms with van der Waals surface area (Å²) < 4.78 is 10.4. The van der Waals surface area contributed by atoms with Crippen LogP contribution >= 0.6 is 0 Å². The summed E-state index contributed by atoms with van der Waals surface area (Å²) in [7, 11) is 3.26. The number of benzene rings is 1. The molecule has 0 aromatic heterocycles. The Bertz CT molecular complexity index is 404. The normalized spacial score (nSPS) is 11.2. The van der Waals surface area contributed by atoms with E-state index in [4.69, 9.17) is 15.2 Å². The van der Waals surface area contributed by atoms with Gasteiger partial charge in [0.1, 0.15) is 11.5 Å². The molecule has 2 N–H and O–H groups in total. The second-order valence-electron chi connectivity index (χ2n) is 3.35. The molecule has 0 spiro atoms. The maximum absolute atomic E-state index is 6.04. The molecule has 0 bridgehead atoms. The minimum atomic E-state index is -0.155. The number of methoxy groups -OCH3 is 2. The van der Waals surface area contributed by atoms with E-state index in [0.717, 1.165) is 17.1 Å². The average molecular weight is 219 g/mol. The fourth-order valence-corrected chi connectivity index (χ4v) is 1.45. The number of nitrogens with two attached hydrogens (primary N) is 1. The fourth-order valence-electron chi connectivity index (χ4n) is 1.45. The maximum Gasteiger partial charge on any atom is 0.123 e. The van der Waals surface area contributed by atoms with Crippen LogP contribution in [0.1, 0.15) is 24.9 Å². The van der Waals surface area contributed by atoms with Gasteiger partial charge >= 0.3 is 0 Å². The van der Waals surface area contributed by atoms with E-state index in [9.17, 15) is 0 Å². The summed E-state index contributed by atoms with van der Waals surface area (Å²) in [5.41, 5.74) is 6.96. The van der Waals surface area contributed by atoms with Crippen LogP contribution in [0.4, 0.5) is 0 Å². The molecule has 3 nitrogen and oxygen atoms in total. The molecule has 0 aliphatic carbocycles. The van der Waals surface area contributed by atoms with E-state index in [1.54, 1.807) is 21.1 Å². The van der Waals surface area contributed by atoms with Gasteiger partial charge in [0, 0.05) is 18.0 Å². The number of hydrogen-bond donors (Lipinski definition) is 1. The van der Waals surface area contributed by atoms with Gasteiger partial charge in [-0.15, -0.1) is 11.8 Å². The molecule has 0 fully saturated rings. The summed E-state index contributed by atoms with van der Waals surface area (Å²) in [6.07, 6.45) is 0.611. The zero-order valence-electron chi connectivity index (χ0n) is 9.91. The Morgan fingerprint density at radius 2 is 2.06 bits per heavy atom. The largest absolute Gasteiger partial charge is 0.497 e. The van der Waals surface area contributed by atoms with Crippen molar-refractivity contribution in [3.05, 3.63) is 23.8 Å². The van der Waals surface area contributed by atoms with Gasteiger partial charge in [0.15, 0.2) is 0 Å². The first kappa shape index (κ1) is 12.4. The molecule has 1 aromatic rings. The lowest BCUT2D eigenvalue weighted by Crippen LogP contribution is -2.11. The van der Waals surface area contributed by atoms with E-state index in [2.05, 4.69) is 11.8 Å². The van der Waals surface area contributed by atoms with Gasteiger partial charge in [-0.05, 0) is 25.1 Å². The minimum absolute atomic E-state index is 0.155. The summed E-state index contributed by atoms with van der Waals surface area (Å²) in [6, 6.07) is 5.44. The lowest BCUT2D eigenvalue weighted by Gasteiger charge is -2.14. The fraction of sp³-hybridized carbons (Fsp3) is 0.385. The van der Waals surface area contributed by atoms with Crippen LogP contribution in [-0.2, 0) is 0 Å². The van der Waals surface area contributed by atoms with Crippen molar-refractivity contribution in [3.63, 3.8) is 0 Å². The summed E-state index contributed by atoms with van der Waals surface area (Å²) in [5.74, 6) is 7.34. The highest BCUT2D eigenvalue weighted by Crippen LogP contribution is 2.29. The lowest BCUT2D eigenvalue weighted by atomic mass is 10.0. The highest BCUT2D eigenvalue weighted by atomic mass is 16.5. The highest BCUT2D eigenvalue weighted by molar-refractivity contribution is 5.42. The summed E-state index contributed by atoms with van der Waals surface area (Å²) in [4.78, 5) is 0. The smallest absolute Gasteiger partial charge is 0.123 e. The van der Waals surface area contributed by atoms with Gasteiger partial charge in [0.25, 0.3) is 0 Å². The molecule has 0 aliphatic rings. The van der Waals surface area contributed by atoms with Gasteiger partial charge in [0.2, 0.25) is 0 Å². The van der Waals surface area contributed by atoms with Gasteiger partial charge in [-0.1, -0.05) is 0 Å². The van der Waals surface area contributed by atoms with Crippen LogP contribution in [0.2, 0.25) is 0 Å². The molecule has 0 saturated carbocycles. The Morgan fingerprint density at radius 1 is 1.31 bits per heavy atom. The Hall–Kier alpha value is -1.66. The van der Waals surface area contributed by atoms with Crippen LogP contribution in [-0.4, -0.2) is 14.2 Å². The first-order valence-corrected chi connectivity index (χ1v) is 5.10. The standard InChI is InChI=1S/C13H17NO2/c1-4-5-6-12(14)11-9-10(15-2)7-8-13(11)16-3/h7-9,12H,6,14H2,1-3H3.